The van der Waals surface area contributed by atoms with E-state index in [0.717, 1.165) is 5.56 Å². The molecule has 0 bridgehead atoms. The molecule has 0 saturated carbocycles. The molecule has 14 heavy (non-hydrogen) atoms. The fourth-order valence-electron chi connectivity index (χ4n) is 1.08. The first-order chi connectivity index (χ1) is 6.61. The van der Waals surface area contributed by atoms with Gasteiger partial charge >= 0.3 is 0 Å². The van der Waals surface area contributed by atoms with E-state index in [1.807, 2.05) is 6.07 Å². The van der Waals surface area contributed by atoms with Gasteiger partial charge in [0.2, 0.25) is 0 Å². The van der Waals surface area contributed by atoms with E-state index in [0.29, 0.717) is 0 Å². The Morgan fingerprint density at radius 1 is 1.21 bits per heavy atom. The van der Waals surface area contributed by atoms with Gasteiger partial charge in [-0.25, -0.2) is 0 Å². The topological polar surface area (TPSA) is 83.6 Å². The number of amides is 1. The van der Waals surface area contributed by atoms with Crippen LogP contribution in [0.3, 0.4) is 0 Å². The smallest absolute Gasteiger partial charge is 0.283 e. The van der Waals surface area contributed by atoms with Crippen molar-refractivity contribution in [1.29, 1.82) is 0 Å². The molecular weight excluding hydrogens is 182 g/mol. The molecule has 1 rings (SSSR count). The van der Waals surface area contributed by atoms with Crippen molar-refractivity contribution in [3.8, 4) is 0 Å². The maximum Gasteiger partial charge on any atom is 0.283 e. The molecule has 0 unspecified atom stereocenters. The quantitative estimate of drug-likeness (QED) is 0.495. The Morgan fingerprint density at radius 2 is 1.79 bits per heavy atom. The van der Waals surface area contributed by atoms with Crippen LogP contribution in [0.2, 0.25) is 0 Å². The van der Waals surface area contributed by atoms with Gasteiger partial charge < -0.3 is 15.9 Å². The van der Waals surface area contributed by atoms with Gasteiger partial charge in [-0.2, -0.15) is 0 Å². The maximum absolute atomic E-state index is 10.8. The largest absolute Gasteiger partial charge is 0.481 e. The molecule has 1 aromatic rings. The fraction of sp³-hybridized carbons (Fsp3) is 0.100. The average Bonchev–Trinajstić information content (AvgIpc) is 2.15. The van der Waals surface area contributed by atoms with E-state index >= 15 is 0 Å². The zero-order valence-corrected chi connectivity index (χ0v) is 7.47. The highest BCUT2D eigenvalue weighted by Gasteiger charge is 2.11. The Labute approximate surface area is 81.3 Å². The van der Waals surface area contributed by atoms with E-state index in [9.17, 15) is 4.79 Å². The third-order valence-corrected chi connectivity index (χ3v) is 1.79. The summed E-state index contributed by atoms with van der Waals surface area (Å²) in [6.45, 7) is 0. The monoisotopic (exact) mass is 193 g/mol. The zero-order chi connectivity index (χ0) is 10.6. The van der Waals surface area contributed by atoms with E-state index in [2.05, 4.69) is 0 Å². The molecule has 0 fully saturated rings. The lowest BCUT2D eigenvalue weighted by Gasteiger charge is -2.02. The van der Waals surface area contributed by atoms with Crippen molar-refractivity contribution in [2.75, 3.05) is 0 Å². The third-order valence-electron chi connectivity index (χ3n) is 1.79. The Morgan fingerprint density at radius 3 is 2.21 bits per heavy atom. The lowest BCUT2D eigenvalue weighted by molar-refractivity contribution is -0.115. The summed E-state index contributed by atoms with van der Waals surface area (Å²) in [6, 6.07) is 8.96. The van der Waals surface area contributed by atoms with Crippen LogP contribution in [-0.4, -0.2) is 16.1 Å². The van der Waals surface area contributed by atoms with E-state index in [-0.39, 0.29) is 12.0 Å². The predicted molar refractivity (Wildman–Crippen MR) is 51.6 cm³/mol. The summed E-state index contributed by atoms with van der Waals surface area (Å²) in [5, 5.41) is 17.6. The molecule has 4 N–H and O–H groups in total. The van der Waals surface area contributed by atoms with Crippen molar-refractivity contribution in [2.24, 2.45) is 5.73 Å². The second-order valence-electron chi connectivity index (χ2n) is 2.83. The van der Waals surface area contributed by atoms with Gasteiger partial charge in [0.05, 0.1) is 0 Å². The summed E-state index contributed by atoms with van der Waals surface area (Å²) < 4.78 is 0. The molecule has 0 radical (unpaired) electrons. The summed E-state index contributed by atoms with van der Waals surface area (Å²) in [5.74, 6) is -1.84. The number of benzene rings is 1. The standard InChI is InChI=1S/C10H11NO3/c11-9(12)8(10(13)14)6-7-4-2-1-3-5-7/h1-5,13-14H,6H2,(H2,11,12). The maximum atomic E-state index is 10.8. The molecule has 74 valence electrons. The van der Waals surface area contributed by atoms with Crippen LogP contribution in [-0.2, 0) is 11.2 Å². The molecule has 0 aromatic heterocycles. The highest BCUT2D eigenvalue weighted by atomic mass is 16.5. The zero-order valence-electron chi connectivity index (χ0n) is 7.47. The number of rotatable bonds is 3. The molecule has 0 atom stereocenters. The lowest BCUT2D eigenvalue weighted by atomic mass is 10.1. The molecule has 1 aromatic carbocycles. The predicted octanol–water partition coefficient (Wildman–Crippen LogP) is 1.04. The number of carbonyl (C=O) groups is 1. The Kier molecular flexibility index (Phi) is 3.12. The molecule has 0 aliphatic carbocycles. The molecule has 0 spiro atoms. The summed E-state index contributed by atoms with van der Waals surface area (Å²) >= 11 is 0. The van der Waals surface area contributed by atoms with Crippen LogP contribution in [0.4, 0.5) is 0 Å². The minimum atomic E-state index is -1.01. The molecule has 0 saturated heterocycles. The highest BCUT2D eigenvalue weighted by Crippen LogP contribution is 2.09. The third kappa shape index (κ3) is 2.52. The van der Waals surface area contributed by atoms with Crippen molar-refractivity contribution >= 4 is 5.91 Å². The van der Waals surface area contributed by atoms with E-state index in [4.69, 9.17) is 15.9 Å². The first-order valence-corrected chi connectivity index (χ1v) is 4.06. The number of aliphatic hydroxyl groups is 2. The van der Waals surface area contributed by atoms with E-state index in [1.54, 1.807) is 24.3 Å². The summed E-state index contributed by atoms with van der Waals surface area (Å²) in [4.78, 5) is 10.8. The SMILES string of the molecule is NC(=O)C(Cc1ccccc1)=C(O)O. The molecular formula is C10H11NO3. The van der Waals surface area contributed by atoms with Gasteiger partial charge in [-0.15, -0.1) is 0 Å². The first-order valence-electron chi connectivity index (χ1n) is 4.06. The Bertz CT molecular complexity index is 353. The van der Waals surface area contributed by atoms with Crippen molar-refractivity contribution in [3.63, 3.8) is 0 Å². The Hall–Kier alpha value is -1.97. The molecule has 4 nitrogen and oxygen atoms in total. The van der Waals surface area contributed by atoms with Gasteiger partial charge in [0.1, 0.15) is 5.57 Å². The van der Waals surface area contributed by atoms with Crippen molar-refractivity contribution in [2.45, 2.75) is 6.42 Å². The van der Waals surface area contributed by atoms with Crippen molar-refractivity contribution in [1.82, 2.24) is 0 Å². The summed E-state index contributed by atoms with van der Waals surface area (Å²) in [5.41, 5.74) is 5.58. The number of hydrogen-bond donors (Lipinski definition) is 3. The van der Waals surface area contributed by atoms with Crippen LogP contribution in [0.5, 0.6) is 0 Å². The number of nitrogens with two attached hydrogens (primary N) is 1. The van der Waals surface area contributed by atoms with Crippen LogP contribution >= 0.6 is 0 Å². The van der Waals surface area contributed by atoms with Gasteiger partial charge in [-0.05, 0) is 5.56 Å². The molecule has 1 amide bonds. The average molecular weight is 193 g/mol. The van der Waals surface area contributed by atoms with Gasteiger partial charge in [0, 0.05) is 6.42 Å². The van der Waals surface area contributed by atoms with Crippen LogP contribution in [0.15, 0.2) is 41.9 Å². The van der Waals surface area contributed by atoms with Crippen molar-refractivity contribution in [3.05, 3.63) is 47.4 Å². The minimum absolute atomic E-state index is 0.124. The number of hydrogen-bond acceptors (Lipinski definition) is 3. The second kappa shape index (κ2) is 4.32. The molecule has 0 aliphatic heterocycles. The molecule has 0 heterocycles. The summed E-state index contributed by atoms with van der Waals surface area (Å²) in [6.07, 6.45) is 0.124. The Balaban J connectivity index is 2.87. The first kappa shape index (κ1) is 10.1. The lowest BCUT2D eigenvalue weighted by Crippen LogP contribution is -2.17. The van der Waals surface area contributed by atoms with Gasteiger partial charge in [-0.3, -0.25) is 4.79 Å². The van der Waals surface area contributed by atoms with Crippen LogP contribution in [0.1, 0.15) is 5.56 Å². The minimum Gasteiger partial charge on any atom is -0.481 e. The number of primary amides is 1. The van der Waals surface area contributed by atoms with Crippen LogP contribution < -0.4 is 5.73 Å². The van der Waals surface area contributed by atoms with E-state index in [1.165, 1.54) is 0 Å². The van der Waals surface area contributed by atoms with Crippen molar-refractivity contribution < 1.29 is 15.0 Å². The molecule has 4 heteroatoms. The second-order valence-corrected chi connectivity index (χ2v) is 2.83. The molecule has 0 aliphatic rings. The van der Waals surface area contributed by atoms with Gasteiger partial charge in [0.25, 0.3) is 11.9 Å². The van der Waals surface area contributed by atoms with E-state index < -0.39 is 11.9 Å². The normalized spacial score (nSPS) is 9.43. The highest BCUT2D eigenvalue weighted by molar-refractivity contribution is 5.92. The van der Waals surface area contributed by atoms with Gasteiger partial charge in [0.15, 0.2) is 0 Å². The van der Waals surface area contributed by atoms with Crippen LogP contribution in [0, 0.1) is 0 Å². The number of carbonyl (C=O) groups excluding carboxylic acids is 1. The fourth-order valence-corrected chi connectivity index (χ4v) is 1.08. The number of aliphatic hydroxyl groups excluding tert-OH is 1. The van der Waals surface area contributed by atoms with Crippen LogP contribution in [0.25, 0.3) is 0 Å². The van der Waals surface area contributed by atoms with Gasteiger partial charge in [-0.1, -0.05) is 30.3 Å². The summed E-state index contributed by atoms with van der Waals surface area (Å²) in [7, 11) is 0.